The molecule has 2 fully saturated rings. The van der Waals surface area contributed by atoms with E-state index in [0.717, 1.165) is 30.2 Å². The number of pyridine rings is 1. The van der Waals surface area contributed by atoms with Gasteiger partial charge in [-0.15, -0.1) is 10.2 Å². The zero-order chi connectivity index (χ0) is 22.7. The van der Waals surface area contributed by atoms with E-state index in [1.54, 1.807) is 0 Å². The Balaban J connectivity index is 1.38. The Morgan fingerprint density at radius 1 is 1.06 bits per heavy atom. The number of H-pyrrole nitrogens is 1. The fourth-order valence-corrected chi connectivity index (χ4v) is 5.75. The molecule has 5 heterocycles. The molecule has 0 saturated carbocycles. The quantitative estimate of drug-likeness (QED) is 0.471. The Morgan fingerprint density at radius 3 is 2.55 bits per heavy atom. The number of fused-ring (bicyclic) bond motifs is 2. The van der Waals surface area contributed by atoms with Gasteiger partial charge in [-0.3, -0.25) is 9.30 Å². The first-order chi connectivity index (χ1) is 16.0. The van der Waals surface area contributed by atoms with Crippen molar-refractivity contribution in [3.05, 3.63) is 53.0 Å². The van der Waals surface area contributed by atoms with E-state index in [4.69, 9.17) is 4.74 Å². The molecule has 0 radical (unpaired) electrons. The Bertz CT molecular complexity index is 1320. The molecular formula is C27H33N5O. The van der Waals surface area contributed by atoms with Gasteiger partial charge in [-0.1, -0.05) is 19.9 Å². The van der Waals surface area contributed by atoms with Gasteiger partial charge in [0.05, 0.1) is 24.9 Å². The number of aromatic amines is 1. The molecule has 0 amide bonds. The van der Waals surface area contributed by atoms with Crippen molar-refractivity contribution in [3.8, 4) is 11.3 Å². The Kier molecular flexibility index (Phi) is 5.03. The van der Waals surface area contributed by atoms with Crippen LogP contribution in [0, 0.1) is 13.8 Å². The second-order valence-corrected chi connectivity index (χ2v) is 10.2. The molecule has 0 aliphatic carbocycles. The van der Waals surface area contributed by atoms with E-state index < -0.39 is 0 Å². The average molecular weight is 444 g/mol. The number of nitrogens with zero attached hydrogens (tertiary/aromatic N) is 4. The molecule has 0 spiro atoms. The van der Waals surface area contributed by atoms with Crippen molar-refractivity contribution in [2.75, 3.05) is 26.3 Å². The van der Waals surface area contributed by atoms with Crippen LogP contribution >= 0.6 is 0 Å². The number of aromatic nitrogens is 4. The average Bonchev–Trinajstić information content (AvgIpc) is 3.34. The zero-order valence-electron chi connectivity index (χ0n) is 20.1. The molecule has 1 N–H and O–H groups in total. The van der Waals surface area contributed by atoms with Crippen LogP contribution in [0.5, 0.6) is 0 Å². The topological polar surface area (TPSA) is 58.5 Å². The van der Waals surface area contributed by atoms with Crippen LogP contribution in [-0.2, 0) is 4.74 Å². The van der Waals surface area contributed by atoms with Crippen molar-refractivity contribution >= 4 is 16.6 Å². The van der Waals surface area contributed by atoms with Gasteiger partial charge < -0.3 is 9.72 Å². The van der Waals surface area contributed by atoms with E-state index >= 15 is 0 Å². The second-order valence-electron chi connectivity index (χ2n) is 10.2. The summed E-state index contributed by atoms with van der Waals surface area (Å²) in [4.78, 5) is 6.38. The zero-order valence-corrected chi connectivity index (χ0v) is 20.1. The van der Waals surface area contributed by atoms with Crippen LogP contribution in [-0.4, -0.2) is 56.8 Å². The lowest BCUT2D eigenvalue weighted by molar-refractivity contribution is -0.0712. The van der Waals surface area contributed by atoms with Crippen LogP contribution in [0.3, 0.4) is 0 Å². The highest BCUT2D eigenvalue weighted by atomic mass is 16.5. The highest BCUT2D eigenvalue weighted by Gasteiger charge is 2.30. The molecule has 6 nitrogen and oxygen atoms in total. The van der Waals surface area contributed by atoms with E-state index in [1.165, 1.54) is 59.2 Å². The number of aryl methyl sites for hydroxylation is 2. The standard InChI is InChI=1S/C27H33N5O/c1-16(2)25-23-12-20(19-7-9-31(10-8-19)22-14-33-15-22)5-6-24(23)28-26(25)21-11-17(3)27-30-29-18(4)32(27)13-21/h5-6,11-13,16,19,22,28H,7-10,14-15H2,1-4H3. The maximum absolute atomic E-state index is 5.40. The summed E-state index contributed by atoms with van der Waals surface area (Å²) in [7, 11) is 0. The van der Waals surface area contributed by atoms with Crippen LogP contribution in [0.2, 0.25) is 0 Å². The van der Waals surface area contributed by atoms with Crippen molar-refractivity contribution in [1.82, 2.24) is 24.5 Å². The Hall–Kier alpha value is -2.70. The SMILES string of the molecule is Cc1cc(-c2[nH]c3ccc(C4CCN(C5COC5)CC4)cc3c2C(C)C)cn2c(C)nnc12. The van der Waals surface area contributed by atoms with Gasteiger partial charge >= 0.3 is 0 Å². The molecule has 0 atom stereocenters. The summed E-state index contributed by atoms with van der Waals surface area (Å²) in [6, 6.07) is 10.00. The van der Waals surface area contributed by atoms with E-state index in [2.05, 4.69) is 75.7 Å². The number of ether oxygens (including phenoxy) is 1. The summed E-state index contributed by atoms with van der Waals surface area (Å²) in [5, 5.41) is 9.97. The predicted octanol–water partition coefficient (Wildman–Crippen LogP) is 5.20. The monoisotopic (exact) mass is 443 g/mol. The molecule has 2 aliphatic heterocycles. The molecule has 6 heteroatoms. The lowest BCUT2D eigenvalue weighted by atomic mass is 9.87. The number of rotatable bonds is 4. The normalized spacial score (nSPS) is 18.6. The molecule has 2 saturated heterocycles. The van der Waals surface area contributed by atoms with Gasteiger partial charge in [-0.05, 0) is 86.5 Å². The molecule has 1 aromatic carbocycles. The molecule has 172 valence electrons. The minimum absolute atomic E-state index is 0.419. The van der Waals surface area contributed by atoms with Crippen LogP contribution in [0.15, 0.2) is 30.5 Å². The highest BCUT2D eigenvalue weighted by molar-refractivity contribution is 5.92. The predicted molar refractivity (Wildman–Crippen MR) is 132 cm³/mol. The molecule has 6 rings (SSSR count). The van der Waals surface area contributed by atoms with Gasteiger partial charge in [0.25, 0.3) is 0 Å². The van der Waals surface area contributed by atoms with Gasteiger partial charge in [-0.25, -0.2) is 0 Å². The second kappa shape index (κ2) is 7.96. The van der Waals surface area contributed by atoms with E-state index in [9.17, 15) is 0 Å². The maximum atomic E-state index is 5.40. The largest absolute Gasteiger partial charge is 0.378 e. The Morgan fingerprint density at radius 2 is 1.85 bits per heavy atom. The van der Waals surface area contributed by atoms with E-state index in [0.29, 0.717) is 17.9 Å². The van der Waals surface area contributed by atoms with Gasteiger partial charge in [0.1, 0.15) is 5.82 Å². The summed E-state index contributed by atoms with van der Waals surface area (Å²) < 4.78 is 7.51. The minimum Gasteiger partial charge on any atom is -0.378 e. The fraction of sp³-hybridized carbons (Fsp3) is 0.481. The summed E-state index contributed by atoms with van der Waals surface area (Å²) >= 11 is 0. The van der Waals surface area contributed by atoms with Crippen molar-refractivity contribution in [2.24, 2.45) is 0 Å². The van der Waals surface area contributed by atoms with Crippen LogP contribution in [0.4, 0.5) is 0 Å². The smallest absolute Gasteiger partial charge is 0.163 e. The van der Waals surface area contributed by atoms with Gasteiger partial charge in [0.15, 0.2) is 5.65 Å². The number of hydrogen-bond donors (Lipinski definition) is 1. The molecule has 2 aliphatic rings. The van der Waals surface area contributed by atoms with E-state index in [-0.39, 0.29) is 0 Å². The van der Waals surface area contributed by atoms with Crippen molar-refractivity contribution in [1.29, 1.82) is 0 Å². The highest BCUT2D eigenvalue weighted by Crippen LogP contribution is 2.39. The third-order valence-electron chi connectivity index (χ3n) is 7.73. The van der Waals surface area contributed by atoms with Gasteiger partial charge in [-0.2, -0.15) is 0 Å². The number of hydrogen-bond acceptors (Lipinski definition) is 4. The first kappa shape index (κ1) is 20.9. The molecule has 33 heavy (non-hydrogen) atoms. The summed E-state index contributed by atoms with van der Waals surface area (Å²) in [5.41, 5.74) is 8.60. The lowest BCUT2D eigenvalue weighted by Crippen LogP contribution is -2.51. The maximum Gasteiger partial charge on any atom is 0.163 e. The molecule has 3 aromatic heterocycles. The van der Waals surface area contributed by atoms with Crippen LogP contribution in [0.1, 0.15) is 61.0 Å². The third-order valence-corrected chi connectivity index (χ3v) is 7.73. The summed E-state index contributed by atoms with van der Waals surface area (Å²) in [6.07, 6.45) is 4.65. The van der Waals surface area contributed by atoms with Crippen molar-refractivity contribution < 1.29 is 4.74 Å². The summed E-state index contributed by atoms with van der Waals surface area (Å²) in [6.45, 7) is 12.9. The molecule has 4 aromatic rings. The molecule has 0 bridgehead atoms. The number of likely N-dealkylation sites (tertiary alicyclic amines) is 1. The Labute approximate surface area is 195 Å². The van der Waals surface area contributed by atoms with Crippen LogP contribution in [0.25, 0.3) is 27.8 Å². The lowest BCUT2D eigenvalue weighted by Gasteiger charge is -2.41. The third kappa shape index (κ3) is 3.47. The van der Waals surface area contributed by atoms with Crippen molar-refractivity contribution in [3.63, 3.8) is 0 Å². The number of piperidine rings is 1. The molecular weight excluding hydrogens is 410 g/mol. The number of nitrogens with one attached hydrogen (secondary N) is 1. The van der Waals surface area contributed by atoms with Crippen molar-refractivity contribution in [2.45, 2.75) is 58.4 Å². The first-order valence-corrected chi connectivity index (χ1v) is 12.3. The van der Waals surface area contributed by atoms with Crippen LogP contribution < -0.4 is 0 Å². The minimum atomic E-state index is 0.419. The number of benzene rings is 1. The van der Waals surface area contributed by atoms with Gasteiger partial charge in [0, 0.05) is 22.7 Å². The fourth-order valence-electron chi connectivity index (χ4n) is 5.75. The first-order valence-electron chi connectivity index (χ1n) is 12.3. The molecule has 0 unspecified atom stereocenters. The van der Waals surface area contributed by atoms with Gasteiger partial charge in [0.2, 0.25) is 0 Å². The summed E-state index contributed by atoms with van der Waals surface area (Å²) in [5.74, 6) is 1.98. The van der Waals surface area contributed by atoms with E-state index in [1.807, 2.05) is 6.92 Å².